The number of hydrogen-bond donors (Lipinski definition) is 0. The maximum Gasteiger partial charge on any atom is 0.114 e. The first-order valence-corrected chi connectivity index (χ1v) is 8.69. The highest BCUT2D eigenvalue weighted by Crippen LogP contribution is 2.46. The van der Waals surface area contributed by atoms with Crippen LogP contribution in [0.2, 0.25) is 10.0 Å². The number of oxime groups is 1. The lowest BCUT2D eigenvalue weighted by molar-refractivity contribution is 0.125. The molecule has 2 bridgehead atoms. The van der Waals surface area contributed by atoms with Crippen molar-refractivity contribution in [3.8, 4) is 0 Å². The first-order valence-electron chi connectivity index (χ1n) is 7.94. The molecule has 0 amide bonds. The van der Waals surface area contributed by atoms with Gasteiger partial charge in [-0.1, -0.05) is 34.4 Å². The Balaban J connectivity index is 1.90. The Labute approximate surface area is 142 Å². The molecule has 2 aliphatic rings. The summed E-state index contributed by atoms with van der Waals surface area (Å²) in [5.74, 6) is 0.778. The van der Waals surface area contributed by atoms with Gasteiger partial charge in [0.1, 0.15) is 6.61 Å². The molecular weight excluding hydrogens is 319 g/mol. The third-order valence-electron chi connectivity index (χ3n) is 5.14. The zero-order chi connectivity index (χ0) is 15.7. The van der Waals surface area contributed by atoms with Crippen LogP contribution >= 0.6 is 23.2 Å². The summed E-state index contributed by atoms with van der Waals surface area (Å²) in [4.78, 5) is 7.72. The SMILES string of the molecule is CCO/N=C/[C@@H]1[C@@H](c2ccc(Cl)c(Cl)c2)CC2CC[C@H]1N2C. The van der Waals surface area contributed by atoms with Gasteiger partial charge in [0.25, 0.3) is 0 Å². The molecule has 0 N–H and O–H groups in total. The van der Waals surface area contributed by atoms with Crippen LogP contribution < -0.4 is 0 Å². The molecule has 2 fully saturated rings. The van der Waals surface area contributed by atoms with E-state index in [9.17, 15) is 0 Å². The van der Waals surface area contributed by atoms with Crippen molar-refractivity contribution in [1.82, 2.24) is 4.90 Å². The van der Waals surface area contributed by atoms with Gasteiger partial charge in [0, 0.05) is 24.2 Å². The van der Waals surface area contributed by atoms with Crippen molar-refractivity contribution in [2.45, 2.75) is 44.2 Å². The van der Waals surface area contributed by atoms with Gasteiger partial charge in [-0.25, -0.2) is 0 Å². The first kappa shape index (κ1) is 16.1. The van der Waals surface area contributed by atoms with E-state index in [4.69, 9.17) is 28.0 Å². The lowest BCUT2D eigenvalue weighted by atomic mass is 9.77. The normalized spacial score (nSPS) is 31.8. The summed E-state index contributed by atoms with van der Waals surface area (Å²) in [6, 6.07) is 7.20. The molecular formula is C17H22Cl2N2O. The topological polar surface area (TPSA) is 24.8 Å². The maximum absolute atomic E-state index is 6.22. The number of fused-ring (bicyclic) bond motifs is 2. The molecule has 3 rings (SSSR count). The predicted molar refractivity (Wildman–Crippen MR) is 92.0 cm³/mol. The van der Waals surface area contributed by atoms with Crippen LogP contribution in [0.3, 0.4) is 0 Å². The Hall–Kier alpha value is -0.770. The Bertz CT molecular complexity index is 564. The number of hydrogen-bond acceptors (Lipinski definition) is 3. The van der Waals surface area contributed by atoms with Crippen LogP contribution in [0.25, 0.3) is 0 Å². The molecule has 0 spiro atoms. The fraction of sp³-hybridized carbons (Fsp3) is 0.588. The van der Waals surface area contributed by atoms with E-state index < -0.39 is 0 Å². The van der Waals surface area contributed by atoms with Crippen molar-refractivity contribution in [1.29, 1.82) is 0 Å². The highest BCUT2D eigenvalue weighted by molar-refractivity contribution is 6.42. The van der Waals surface area contributed by atoms with Crippen molar-refractivity contribution in [2.75, 3.05) is 13.7 Å². The third kappa shape index (κ3) is 2.99. The summed E-state index contributed by atoms with van der Waals surface area (Å²) in [5.41, 5.74) is 1.26. The Kier molecular flexibility index (Phi) is 4.96. The van der Waals surface area contributed by atoms with E-state index in [1.807, 2.05) is 25.3 Å². The molecule has 120 valence electrons. The van der Waals surface area contributed by atoms with Crippen LogP contribution in [-0.2, 0) is 4.84 Å². The van der Waals surface area contributed by atoms with Crippen LogP contribution in [0, 0.1) is 5.92 Å². The van der Waals surface area contributed by atoms with E-state index in [1.54, 1.807) is 0 Å². The lowest BCUT2D eigenvalue weighted by Gasteiger charge is -2.41. The third-order valence-corrected chi connectivity index (χ3v) is 5.88. The van der Waals surface area contributed by atoms with E-state index in [-0.39, 0.29) is 0 Å². The first-order chi connectivity index (χ1) is 10.6. The second-order valence-corrected chi connectivity index (χ2v) is 7.04. The summed E-state index contributed by atoms with van der Waals surface area (Å²) < 4.78 is 0. The summed E-state index contributed by atoms with van der Waals surface area (Å²) in [6.07, 6.45) is 5.62. The smallest absolute Gasteiger partial charge is 0.114 e. The van der Waals surface area contributed by atoms with E-state index in [0.29, 0.717) is 40.6 Å². The van der Waals surface area contributed by atoms with Crippen LogP contribution in [0.5, 0.6) is 0 Å². The number of nitrogens with zero attached hydrogens (tertiary/aromatic N) is 2. The minimum Gasteiger partial charge on any atom is -0.396 e. The van der Waals surface area contributed by atoms with Crippen LogP contribution in [0.15, 0.2) is 23.4 Å². The van der Waals surface area contributed by atoms with Gasteiger partial charge in [-0.05, 0) is 56.8 Å². The molecule has 0 aliphatic carbocycles. The molecule has 5 heteroatoms. The quantitative estimate of drug-likeness (QED) is 0.591. The number of rotatable bonds is 4. The second kappa shape index (κ2) is 6.77. The van der Waals surface area contributed by atoms with Crippen molar-refractivity contribution in [3.05, 3.63) is 33.8 Å². The van der Waals surface area contributed by atoms with Crippen molar-refractivity contribution in [2.24, 2.45) is 11.1 Å². The minimum absolute atomic E-state index is 0.354. The van der Waals surface area contributed by atoms with Crippen LogP contribution in [0.1, 0.15) is 37.7 Å². The highest BCUT2D eigenvalue weighted by Gasteiger charge is 2.45. The summed E-state index contributed by atoms with van der Waals surface area (Å²) in [7, 11) is 2.23. The maximum atomic E-state index is 6.22. The molecule has 22 heavy (non-hydrogen) atoms. The van der Waals surface area contributed by atoms with Gasteiger partial charge in [0.15, 0.2) is 0 Å². The van der Waals surface area contributed by atoms with E-state index in [2.05, 4.69) is 23.2 Å². The van der Waals surface area contributed by atoms with Gasteiger partial charge in [-0.2, -0.15) is 0 Å². The largest absolute Gasteiger partial charge is 0.396 e. The second-order valence-electron chi connectivity index (χ2n) is 6.23. The molecule has 3 nitrogen and oxygen atoms in total. The average Bonchev–Trinajstić information content (AvgIpc) is 2.75. The number of piperidine rings is 1. The average molecular weight is 341 g/mol. The van der Waals surface area contributed by atoms with Crippen molar-refractivity contribution >= 4 is 29.4 Å². The van der Waals surface area contributed by atoms with E-state index in [0.717, 1.165) is 6.42 Å². The molecule has 0 saturated carbocycles. The van der Waals surface area contributed by atoms with E-state index in [1.165, 1.54) is 18.4 Å². The Morgan fingerprint density at radius 1 is 1.32 bits per heavy atom. The van der Waals surface area contributed by atoms with Gasteiger partial charge in [-0.15, -0.1) is 0 Å². The molecule has 1 aromatic rings. The molecule has 2 heterocycles. The van der Waals surface area contributed by atoms with Crippen LogP contribution in [-0.4, -0.2) is 36.9 Å². The molecule has 1 aromatic carbocycles. The fourth-order valence-electron chi connectivity index (χ4n) is 4.00. The fourth-order valence-corrected chi connectivity index (χ4v) is 4.31. The standard InChI is InChI=1S/C17H22Cl2N2O/c1-3-22-20-10-14-13(9-12-5-7-17(14)21(12)2)11-4-6-15(18)16(19)8-11/h4,6,8,10,12-14,17H,3,5,7,9H2,1-2H3/b20-10+/t12?,13-,14-,17-/m1/s1. The van der Waals surface area contributed by atoms with Crippen molar-refractivity contribution < 1.29 is 4.84 Å². The molecule has 1 unspecified atom stereocenters. The number of halogens is 2. The molecule has 2 aliphatic heterocycles. The molecule has 4 atom stereocenters. The Morgan fingerprint density at radius 3 is 2.86 bits per heavy atom. The zero-order valence-electron chi connectivity index (χ0n) is 13.0. The molecule has 2 saturated heterocycles. The van der Waals surface area contributed by atoms with Gasteiger partial charge in [0.05, 0.1) is 10.0 Å². The Morgan fingerprint density at radius 2 is 2.14 bits per heavy atom. The number of benzene rings is 1. The van der Waals surface area contributed by atoms with Crippen molar-refractivity contribution in [3.63, 3.8) is 0 Å². The summed E-state index contributed by atoms with van der Waals surface area (Å²) >= 11 is 12.3. The summed E-state index contributed by atoms with van der Waals surface area (Å²) in [6.45, 7) is 2.55. The molecule has 0 radical (unpaired) electrons. The van der Waals surface area contributed by atoms with Gasteiger partial charge >= 0.3 is 0 Å². The van der Waals surface area contributed by atoms with Gasteiger partial charge in [0.2, 0.25) is 0 Å². The zero-order valence-corrected chi connectivity index (χ0v) is 14.5. The summed E-state index contributed by atoms with van der Waals surface area (Å²) in [5, 5.41) is 5.41. The minimum atomic E-state index is 0.354. The monoisotopic (exact) mass is 340 g/mol. The highest BCUT2D eigenvalue weighted by atomic mass is 35.5. The van der Waals surface area contributed by atoms with Crippen LogP contribution in [0.4, 0.5) is 0 Å². The predicted octanol–water partition coefficient (Wildman–Crippen LogP) is 4.58. The van der Waals surface area contributed by atoms with Gasteiger partial charge in [-0.3, -0.25) is 4.90 Å². The molecule has 0 aromatic heterocycles. The lowest BCUT2D eigenvalue weighted by Crippen LogP contribution is -2.46. The van der Waals surface area contributed by atoms with E-state index >= 15 is 0 Å². The van der Waals surface area contributed by atoms with Gasteiger partial charge < -0.3 is 4.84 Å².